The average molecular weight is 1360 g/mol. The minimum Gasteiger partial charge on any atom is -0.455 e. The van der Waals surface area contributed by atoms with E-state index in [0.29, 0.717) is 50.1 Å². The predicted octanol–water partition coefficient (Wildman–Crippen LogP) is 25.7. The average Bonchev–Trinajstić information content (AvgIpc) is 1.66. The van der Waals surface area contributed by atoms with Gasteiger partial charge in [-0.25, -0.2) is 19.9 Å². The molecular weight excluding hydrogens is 1290 g/mol. The Kier molecular flexibility index (Phi) is 11.0. The fraction of sp³-hybridized carbons (Fsp3) is 0. The van der Waals surface area contributed by atoms with Crippen molar-refractivity contribution in [1.82, 2.24) is 33.6 Å². The van der Waals surface area contributed by atoms with Crippen molar-refractivity contribution in [2.45, 2.75) is 0 Å². The molecule has 0 aliphatic carbocycles. The van der Waals surface area contributed by atoms with E-state index in [1.807, 2.05) is 138 Å². The first-order chi connectivity index (χ1) is 57.1. The van der Waals surface area contributed by atoms with Crippen molar-refractivity contribution in [3.63, 3.8) is 0 Å². The van der Waals surface area contributed by atoms with E-state index < -0.39 is 36.3 Å². The number of hydrogen-bond acceptors (Lipinski definition) is 5. The van der Waals surface area contributed by atoms with Gasteiger partial charge in [-0.05, 0) is 135 Å². The van der Waals surface area contributed by atoms with Gasteiger partial charge in [0, 0.05) is 87.0 Å². The van der Waals surface area contributed by atoms with E-state index in [0.717, 1.165) is 98.4 Å². The molecule has 23 rings (SSSR count). The van der Waals surface area contributed by atoms with Gasteiger partial charge in [0.2, 0.25) is 0 Å². The first-order valence-corrected chi connectivity index (χ1v) is 35.1. The van der Waals surface area contributed by atoms with Gasteiger partial charge in [0.25, 0.3) is 0 Å². The van der Waals surface area contributed by atoms with Crippen LogP contribution >= 0.6 is 0 Å². The molecule has 106 heavy (non-hydrogen) atoms. The molecule has 0 saturated carbocycles. The van der Waals surface area contributed by atoms with Crippen LogP contribution in [0.1, 0.15) is 15.1 Å². The topological polar surface area (TPSA) is 79.5 Å². The molecule has 0 amide bonds. The Bertz CT molecular complexity index is 8310. The van der Waals surface area contributed by atoms with Crippen LogP contribution < -0.4 is 0 Å². The van der Waals surface area contributed by atoms with Gasteiger partial charge in [-0.2, -0.15) is 0 Å². The number of nitrogens with zero attached hydrogens (tertiary/aromatic N) is 7. The third kappa shape index (κ3) is 9.21. The second-order valence-electron chi connectivity index (χ2n) is 26.7. The lowest BCUT2D eigenvalue weighted by Crippen LogP contribution is -1.99. The molecule has 23 aromatic rings. The summed E-state index contributed by atoms with van der Waals surface area (Å²) in [5, 5.41) is 16.3. The zero-order valence-electron chi connectivity index (χ0n) is 67.3. The van der Waals surface area contributed by atoms with Crippen LogP contribution in [-0.2, 0) is 0 Å². The van der Waals surface area contributed by atoms with E-state index in [1.165, 1.54) is 32.6 Å². The van der Waals surface area contributed by atoms with Crippen LogP contribution in [0.25, 0.3) is 215 Å². The lowest BCUT2D eigenvalue weighted by atomic mass is 9.97. The highest BCUT2D eigenvalue weighted by Crippen LogP contribution is 2.45. The predicted molar refractivity (Wildman–Crippen MR) is 441 cm³/mol. The monoisotopic (exact) mass is 1360 g/mol. The van der Waals surface area contributed by atoms with E-state index >= 15 is 0 Å². The first-order valence-electron chi connectivity index (χ1n) is 40.6. The summed E-state index contributed by atoms with van der Waals surface area (Å²) in [7, 11) is 0. The number of furan rings is 1. The van der Waals surface area contributed by atoms with Gasteiger partial charge in [0.1, 0.15) is 11.2 Å². The van der Waals surface area contributed by atoms with Crippen LogP contribution in [0.4, 0.5) is 0 Å². The molecule has 0 atom stereocenters. The fourth-order valence-corrected chi connectivity index (χ4v) is 16.2. The van der Waals surface area contributed by atoms with Crippen molar-refractivity contribution in [3.8, 4) is 62.4 Å². The molecule has 17 aromatic carbocycles. The van der Waals surface area contributed by atoms with Crippen LogP contribution in [0.5, 0.6) is 0 Å². The Morgan fingerprint density at radius 1 is 0.255 bits per heavy atom. The molecule has 0 aliphatic heterocycles. The largest absolute Gasteiger partial charge is 0.455 e. The van der Waals surface area contributed by atoms with Crippen LogP contribution in [0, 0.1) is 0 Å². The van der Waals surface area contributed by atoms with Crippen LogP contribution in [0.15, 0.2) is 362 Å². The quantitative estimate of drug-likeness (QED) is 0.159. The smallest absolute Gasteiger partial charge is 0.164 e. The summed E-state index contributed by atoms with van der Waals surface area (Å²) in [4.78, 5) is 20.6. The zero-order valence-corrected chi connectivity index (χ0v) is 56.3. The second kappa shape index (κ2) is 23.6. The first kappa shape index (κ1) is 49.3. The van der Waals surface area contributed by atoms with Crippen LogP contribution in [0.3, 0.4) is 0 Å². The lowest BCUT2D eigenvalue weighted by molar-refractivity contribution is 0.669. The molecule has 0 saturated heterocycles. The van der Waals surface area contributed by atoms with Gasteiger partial charge in [-0.15, -0.1) is 0 Å². The Balaban J connectivity index is 0.000000147. The molecule has 0 bridgehead atoms. The van der Waals surface area contributed by atoms with Gasteiger partial charge < -0.3 is 18.1 Å². The lowest BCUT2D eigenvalue weighted by Gasteiger charge is -2.16. The van der Waals surface area contributed by atoms with Crippen molar-refractivity contribution in [1.29, 1.82) is 0 Å². The van der Waals surface area contributed by atoms with E-state index in [2.05, 4.69) is 150 Å². The molecule has 0 spiro atoms. The molecule has 0 radical (unpaired) electrons. The molecule has 492 valence electrons. The molecule has 0 aliphatic rings. The Morgan fingerprint density at radius 2 is 0.736 bits per heavy atom. The number of rotatable bonds is 7. The van der Waals surface area contributed by atoms with E-state index in [9.17, 15) is 5.48 Å². The molecule has 0 unspecified atom stereocenters. The maximum Gasteiger partial charge on any atom is 0.164 e. The molecule has 8 heteroatoms. The van der Waals surface area contributed by atoms with E-state index in [4.69, 9.17) is 33.9 Å². The third-order valence-corrected chi connectivity index (χ3v) is 20.9. The van der Waals surface area contributed by atoms with Gasteiger partial charge in [-0.3, -0.25) is 0 Å². The van der Waals surface area contributed by atoms with Crippen molar-refractivity contribution < 1.29 is 19.5 Å². The zero-order chi connectivity index (χ0) is 79.1. The highest BCUT2D eigenvalue weighted by Gasteiger charge is 2.24. The Hall–Kier alpha value is -14.3. The summed E-state index contributed by atoms with van der Waals surface area (Å²) in [6, 6.07) is 93.3. The number of hydrogen-bond donors (Lipinski definition) is 0. The minimum absolute atomic E-state index is 0.00767. The van der Waals surface area contributed by atoms with Crippen molar-refractivity contribution in [2.24, 2.45) is 0 Å². The van der Waals surface area contributed by atoms with Crippen molar-refractivity contribution in [2.75, 3.05) is 0 Å². The normalized spacial score (nSPS) is 13.4. The molecule has 6 heterocycles. The standard InChI is InChI=1S/C52H32N4.C46H27N3O/c1-2-16-36(17-3-1)55-46-24-12-9-20-39(46)41-27-26-35(32-49(41)55)51-43-22-8-11-23-45(43)53-52(54-51)42-28-29-48(38-19-7-6-18-37(38)42)56-47-25-13-10-21-40(47)44-30-33-14-4-5-15-34(33)31-50(44)56;1-2-13-29-27-42-38(26-28(29)12-1)32-16-6-9-22-40(32)49(42)41-25-24-34(30-14-3-4-15-31(30)41)44-36-18-5-8-21-39(36)47-46(48-44)37-20-11-19-35-33-17-7-10-23-43(33)50-45(35)37/h1-32H;1-27H/i1D,2D,3D,6D,7D,16D,17D,18D,19D,28D,29D;. The Labute approximate surface area is 622 Å². The SMILES string of the molecule is [2H]c1c([2H])c([2H])c(-n2c3ccccc3c3ccc(-c4nc(-c5c([2H])c([2H])c(-n6c7ccccc7c7cc8ccccc8cc76)c6c([2H])c([2H])c([2H])c([2H])c56)nc5ccccc45)cc32)c([2H])c1[2H].c1ccc2cc3c(cc2c1)c1ccccc1n3-c1ccc(-c2nc(-c3cccc4c3oc3ccccc34)nc3ccccc23)c2ccccc12. The van der Waals surface area contributed by atoms with E-state index in [1.54, 1.807) is 16.7 Å². The Morgan fingerprint density at radius 3 is 1.41 bits per heavy atom. The molecular formula is C98H59N7O. The number of para-hydroxylation sites is 8. The van der Waals surface area contributed by atoms with Crippen LogP contribution in [-0.4, -0.2) is 33.6 Å². The van der Waals surface area contributed by atoms with E-state index in [-0.39, 0.29) is 63.7 Å². The van der Waals surface area contributed by atoms with Gasteiger partial charge in [0.05, 0.1) is 87.5 Å². The van der Waals surface area contributed by atoms with Crippen LogP contribution in [0.2, 0.25) is 0 Å². The maximum atomic E-state index is 9.87. The molecule has 0 N–H and O–H groups in total. The highest BCUT2D eigenvalue weighted by molar-refractivity contribution is 6.19. The third-order valence-electron chi connectivity index (χ3n) is 20.9. The second-order valence-corrected chi connectivity index (χ2v) is 26.7. The highest BCUT2D eigenvalue weighted by atomic mass is 16.3. The molecule has 8 nitrogen and oxygen atoms in total. The van der Waals surface area contributed by atoms with Gasteiger partial charge in [-0.1, -0.05) is 255 Å². The molecule has 6 aromatic heterocycles. The maximum absolute atomic E-state index is 9.87. The minimum atomic E-state index is -0.512. The summed E-state index contributed by atoms with van der Waals surface area (Å²) >= 11 is 0. The summed E-state index contributed by atoms with van der Waals surface area (Å²) in [6.45, 7) is 0. The van der Waals surface area contributed by atoms with Gasteiger partial charge in [0.15, 0.2) is 11.6 Å². The summed E-state index contributed by atoms with van der Waals surface area (Å²) < 4.78 is 112. The number of benzene rings is 17. The number of fused-ring (bicyclic) bond motifs is 18. The van der Waals surface area contributed by atoms with Crippen molar-refractivity contribution in [3.05, 3.63) is 358 Å². The van der Waals surface area contributed by atoms with Crippen molar-refractivity contribution >= 4 is 152 Å². The van der Waals surface area contributed by atoms with Gasteiger partial charge >= 0.3 is 0 Å². The number of aromatic nitrogens is 7. The summed E-state index contributed by atoms with van der Waals surface area (Å²) in [5.41, 5.74) is 13.0. The summed E-state index contributed by atoms with van der Waals surface area (Å²) in [6.07, 6.45) is 0. The molecule has 0 fully saturated rings. The fourth-order valence-electron chi connectivity index (χ4n) is 16.2. The summed E-state index contributed by atoms with van der Waals surface area (Å²) in [5.74, 6) is 0.610.